The molecule has 136 valence electrons. The van der Waals surface area contributed by atoms with Crippen molar-refractivity contribution in [3.05, 3.63) is 95.6 Å². The van der Waals surface area contributed by atoms with Gasteiger partial charge in [0.1, 0.15) is 5.82 Å². The Morgan fingerprint density at radius 2 is 1.69 bits per heavy atom. The van der Waals surface area contributed by atoms with E-state index in [9.17, 15) is 4.39 Å². The zero-order chi connectivity index (χ0) is 18.2. The Balaban J connectivity index is 1.73. The van der Waals surface area contributed by atoms with E-state index >= 15 is 0 Å². The summed E-state index contributed by atoms with van der Waals surface area (Å²) in [5.74, 6) is -0.158. The smallest absolute Gasteiger partial charge is 0.127 e. The van der Waals surface area contributed by atoms with E-state index in [0.717, 1.165) is 19.6 Å². The molecule has 0 aliphatic heterocycles. The molecule has 0 aliphatic rings. The van der Waals surface area contributed by atoms with Gasteiger partial charge in [-0.3, -0.25) is 4.90 Å². The molecule has 0 unspecified atom stereocenters. The van der Waals surface area contributed by atoms with E-state index < -0.39 is 0 Å². The van der Waals surface area contributed by atoms with E-state index in [2.05, 4.69) is 52.1 Å². The molecule has 0 saturated heterocycles. The normalized spacial score (nSPS) is 11.2. The predicted molar refractivity (Wildman–Crippen MR) is 102 cm³/mol. The summed E-state index contributed by atoms with van der Waals surface area (Å²) in [7, 11) is 1.69. The second kappa shape index (κ2) is 9.32. The fourth-order valence-corrected chi connectivity index (χ4v) is 3.06. The molecule has 0 bridgehead atoms. The average molecular weight is 352 g/mol. The van der Waals surface area contributed by atoms with E-state index in [1.165, 1.54) is 17.3 Å². The molecule has 2 aromatic carbocycles. The second-order valence-corrected chi connectivity index (χ2v) is 6.41. The van der Waals surface area contributed by atoms with Gasteiger partial charge in [-0.05, 0) is 23.8 Å². The summed E-state index contributed by atoms with van der Waals surface area (Å²) >= 11 is 0. The molecule has 0 spiro atoms. The van der Waals surface area contributed by atoms with Crippen molar-refractivity contribution < 1.29 is 9.13 Å². The molecule has 0 fully saturated rings. The van der Waals surface area contributed by atoms with Crippen molar-refractivity contribution in [3.63, 3.8) is 0 Å². The first kappa shape index (κ1) is 18.4. The Hall–Kier alpha value is -2.43. The highest BCUT2D eigenvalue weighted by atomic mass is 19.1. The zero-order valence-electron chi connectivity index (χ0n) is 15.1. The molecule has 0 atom stereocenters. The van der Waals surface area contributed by atoms with E-state index in [4.69, 9.17) is 4.74 Å². The van der Waals surface area contributed by atoms with Crippen molar-refractivity contribution in [1.82, 2.24) is 9.47 Å². The van der Waals surface area contributed by atoms with E-state index in [1.54, 1.807) is 13.2 Å². The molecule has 0 aliphatic carbocycles. The third kappa shape index (κ3) is 5.04. The first-order valence-electron chi connectivity index (χ1n) is 8.89. The number of hydrogen-bond donors (Lipinski definition) is 0. The van der Waals surface area contributed by atoms with Gasteiger partial charge in [-0.15, -0.1) is 0 Å². The fraction of sp³-hybridized carbons (Fsp3) is 0.273. The first-order chi connectivity index (χ1) is 12.8. The number of ether oxygens (including phenoxy) is 1. The van der Waals surface area contributed by atoms with Crippen LogP contribution in [0.2, 0.25) is 0 Å². The van der Waals surface area contributed by atoms with Gasteiger partial charge in [-0.25, -0.2) is 4.39 Å². The molecule has 3 nitrogen and oxygen atoms in total. The molecule has 4 heteroatoms. The molecule has 0 N–H and O–H groups in total. The molecular formula is C22H25FN2O. The van der Waals surface area contributed by atoms with Gasteiger partial charge < -0.3 is 9.30 Å². The monoisotopic (exact) mass is 352 g/mol. The molecular weight excluding hydrogens is 327 g/mol. The minimum Gasteiger partial charge on any atom is -0.383 e. The lowest BCUT2D eigenvalue weighted by Gasteiger charge is -2.23. The first-order valence-corrected chi connectivity index (χ1v) is 8.89. The summed E-state index contributed by atoms with van der Waals surface area (Å²) in [6, 6.07) is 21.6. The Morgan fingerprint density at radius 3 is 2.46 bits per heavy atom. The Labute approximate surface area is 154 Å². The Morgan fingerprint density at radius 1 is 0.923 bits per heavy atom. The van der Waals surface area contributed by atoms with Crippen molar-refractivity contribution in [2.75, 3.05) is 20.3 Å². The van der Waals surface area contributed by atoms with Crippen molar-refractivity contribution in [3.8, 4) is 0 Å². The van der Waals surface area contributed by atoms with Crippen LogP contribution >= 0.6 is 0 Å². The van der Waals surface area contributed by atoms with Gasteiger partial charge in [0, 0.05) is 50.7 Å². The van der Waals surface area contributed by atoms with Gasteiger partial charge in [-0.2, -0.15) is 0 Å². The summed E-state index contributed by atoms with van der Waals surface area (Å²) in [5.41, 5.74) is 3.19. The quantitative estimate of drug-likeness (QED) is 0.570. The highest BCUT2D eigenvalue weighted by molar-refractivity contribution is 5.19. The van der Waals surface area contributed by atoms with Gasteiger partial charge >= 0.3 is 0 Å². The van der Waals surface area contributed by atoms with Gasteiger partial charge in [0.2, 0.25) is 0 Å². The van der Waals surface area contributed by atoms with Crippen molar-refractivity contribution in [1.29, 1.82) is 0 Å². The van der Waals surface area contributed by atoms with E-state index in [-0.39, 0.29) is 5.82 Å². The number of hydrogen-bond acceptors (Lipinski definition) is 2. The number of nitrogens with zero attached hydrogens (tertiary/aromatic N) is 2. The lowest BCUT2D eigenvalue weighted by atomic mass is 10.2. The van der Waals surface area contributed by atoms with Gasteiger partial charge in [0.05, 0.1) is 6.61 Å². The fourth-order valence-electron chi connectivity index (χ4n) is 3.06. The topological polar surface area (TPSA) is 17.4 Å². The third-order valence-corrected chi connectivity index (χ3v) is 4.47. The molecule has 3 rings (SSSR count). The van der Waals surface area contributed by atoms with Gasteiger partial charge in [-0.1, -0.05) is 48.5 Å². The number of aromatic nitrogens is 1. The van der Waals surface area contributed by atoms with Crippen LogP contribution in [0.4, 0.5) is 4.39 Å². The zero-order valence-corrected chi connectivity index (χ0v) is 15.1. The van der Waals surface area contributed by atoms with Gasteiger partial charge in [0.25, 0.3) is 0 Å². The molecule has 0 amide bonds. The van der Waals surface area contributed by atoms with Crippen LogP contribution in [0.1, 0.15) is 16.8 Å². The van der Waals surface area contributed by atoms with E-state index in [0.29, 0.717) is 18.7 Å². The summed E-state index contributed by atoms with van der Waals surface area (Å²) in [6.45, 7) is 3.51. The average Bonchev–Trinajstić information content (AvgIpc) is 3.09. The van der Waals surface area contributed by atoms with Crippen LogP contribution in [-0.2, 0) is 24.4 Å². The molecule has 1 aromatic heterocycles. The third-order valence-electron chi connectivity index (χ3n) is 4.47. The minimum atomic E-state index is -0.158. The van der Waals surface area contributed by atoms with Crippen molar-refractivity contribution in [2.24, 2.45) is 0 Å². The number of methoxy groups -OCH3 is 1. The van der Waals surface area contributed by atoms with Crippen LogP contribution in [0, 0.1) is 5.82 Å². The van der Waals surface area contributed by atoms with Crippen LogP contribution in [0.5, 0.6) is 0 Å². The molecule has 3 aromatic rings. The lowest BCUT2D eigenvalue weighted by Crippen LogP contribution is -2.28. The summed E-state index contributed by atoms with van der Waals surface area (Å²) in [5, 5.41) is 0. The summed E-state index contributed by atoms with van der Waals surface area (Å²) in [6.07, 6.45) is 2.10. The SMILES string of the molecule is COCCN(Cc1ccccc1F)Cc1cccn1Cc1ccccc1. The Bertz CT molecular complexity index is 801. The standard InChI is InChI=1S/C22H25FN2O/c1-26-15-14-24(17-20-10-5-6-12-22(20)23)18-21-11-7-13-25(21)16-19-8-3-2-4-9-19/h2-13H,14-18H2,1H3. The molecule has 0 saturated carbocycles. The maximum absolute atomic E-state index is 14.1. The molecule has 1 heterocycles. The van der Waals surface area contributed by atoms with Crippen LogP contribution in [0.3, 0.4) is 0 Å². The largest absolute Gasteiger partial charge is 0.383 e. The van der Waals surface area contributed by atoms with Gasteiger partial charge in [0.15, 0.2) is 0 Å². The van der Waals surface area contributed by atoms with Crippen molar-refractivity contribution >= 4 is 0 Å². The van der Waals surface area contributed by atoms with Crippen LogP contribution in [-0.4, -0.2) is 29.7 Å². The highest BCUT2D eigenvalue weighted by Gasteiger charge is 2.12. The van der Waals surface area contributed by atoms with Crippen molar-refractivity contribution in [2.45, 2.75) is 19.6 Å². The second-order valence-electron chi connectivity index (χ2n) is 6.41. The highest BCUT2D eigenvalue weighted by Crippen LogP contribution is 2.15. The minimum absolute atomic E-state index is 0.158. The van der Waals surface area contributed by atoms with Crippen LogP contribution < -0.4 is 0 Å². The summed E-state index contributed by atoms with van der Waals surface area (Å²) < 4.78 is 21.5. The predicted octanol–water partition coefficient (Wildman–Crippen LogP) is 4.32. The maximum Gasteiger partial charge on any atom is 0.127 e. The molecule has 26 heavy (non-hydrogen) atoms. The van der Waals surface area contributed by atoms with Crippen LogP contribution in [0.15, 0.2) is 72.9 Å². The number of benzene rings is 2. The maximum atomic E-state index is 14.1. The van der Waals surface area contributed by atoms with Crippen LogP contribution in [0.25, 0.3) is 0 Å². The number of rotatable bonds is 9. The molecule has 0 radical (unpaired) electrons. The Kier molecular flexibility index (Phi) is 6.58. The summed E-state index contributed by atoms with van der Waals surface area (Å²) in [4.78, 5) is 2.22. The number of halogens is 1. The van der Waals surface area contributed by atoms with E-state index in [1.807, 2.05) is 18.2 Å². The lowest BCUT2D eigenvalue weighted by molar-refractivity contribution is 0.137.